The maximum atomic E-state index is 12.9. The largest absolute Gasteiger partial charge is 0.338 e. The van der Waals surface area contributed by atoms with E-state index in [1.54, 1.807) is 23.4 Å². The summed E-state index contributed by atoms with van der Waals surface area (Å²) < 4.78 is 22.5. The molecule has 0 spiro atoms. The quantitative estimate of drug-likeness (QED) is 0.815. The van der Waals surface area contributed by atoms with Crippen molar-refractivity contribution in [3.05, 3.63) is 29.0 Å². The van der Waals surface area contributed by atoms with Gasteiger partial charge >= 0.3 is 0 Å². The number of hydrogen-bond acceptors (Lipinski definition) is 7. The van der Waals surface area contributed by atoms with Crippen LogP contribution in [0.1, 0.15) is 35.1 Å². The summed E-state index contributed by atoms with van der Waals surface area (Å²) in [6.07, 6.45) is 5.21. The molecule has 26 heavy (non-hydrogen) atoms. The van der Waals surface area contributed by atoms with Crippen molar-refractivity contribution in [3.8, 4) is 10.8 Å². The Bertz CT molecular complexity index is 875. The molecule has 0 bridgehead atoms. The van der Waals surface area contributed by atoms with Gasteiger partial charge in [-0.25, -0.2) is 28.5 Å². The molecule has 10 heteroatoms. The van der Waals surface area contributed by atoms with E-state index in [1.807, 2.05) is 6.92 Å². The van der Waals surface area contributed by atoms with Crippen LogP contribution >= 0.6 is 11.3 Å². The lowest BCUT2D eigenvalue weighted by Crippen LogP contribution is -2.40. The van der Waals surface area contributed by atoms with Gasteiger partial charge in [0, 0.05) is 25.5 Å². The molecule has 2 aromatic heterocycles. The number of carbonyl (C=O) groups is 1. The lowest BCUT2D eigenvalue weighted by Gasteiger charge is -2.31. The predicted octanol–water partition coefficient (Wildman–Crippen LogP) is 1.30. The third kappa shape index (κ3) is 4.43. The van der Waals surface area contributed by atoms with Crippen LogP contribution in [0.25, 0.3) is 10.8 Å². The second-order valence-corrected chi connectivity index (χ2v) is 8.94. The molecule has 1 aliphatic heterocycles. The molecule has 0 aliphatic carbocycles. The standard InChI is InChI=1S/C16H21N5O3S2/c1-2-12-13(25-15(20-12)14-18-6-3-7-19-14)16(22)21-8-4-11(5-9-21)10-26(17,23)24/h3,6-7,11H,2,4-5,8-10H2,1H3,(H2,17,23,24). The van der Waals surface area contributed by atoms with Gasteiger partial charge in [-0.1, -0.05) is 6.92 Å². The van der Waals surface area contributed by atoms with E-state index in [1.165, 1.54) is 11.3 Å². The van der Waals surface area contributed by atoms with E-state index in [0.29, 0.717) is 48.1 Å². The Labute approximate surface area is 156 Å². The lowest BCUT2D eigenvalue weighted by molar-refractivity contribution is 0.0702. The highest BCUT2D eigenvalue weighted by molar-refractivity contribution is 7.89. The average molecular weight is 396 g/mol. The number of primary sulfonamides is 1. The minimum absolute atomic E-state index is 0.00874. The molecule has 1 amide bonds. The van der Waals surface area contributed by atoms with Crippen molar-refractivity contribution >= 4 is 27.3 Å². The van der Waals surface area contributed by atoms with Gasteiger partial charge in [0.25, 0.3) is 5.91 Å². The molecule has 0 unspecified atom stereocenters. The number of amides is 1. The molecule has 140 valence electrons. The molecule has 3 heterocycles. The van der Waals surface area contributed by atoms with E-state index in [2.05, 4.69) is 15.0 Å². The van der Waals surface area contributed by atoms with Gasteiger partial charge in [-0.15, -0.1) is 11.3 Å². The number of sulfonamides is 1. The first-order valence-corrected chi connectivity index (χ1v) is 11.0. The van der Waals surface area contributed by atoms with Crippen molar-refractivity contribution in [1.29, 1.82) is 0 Å². The zero-order valence-corrected chi connectivity index (χ0v) is 16.1. The molecule has 0 saturated carbocycles. The highest BCUT2D eigenvalue weighted by Gasteiger charge is 2.28. The van der Waals surface area contributed by atoms with Crippen molar-refractivity contribution in [2.45, 2.75) is 26.2 Å². The summed E-state index contributed by atoms with van der Waals surface area (Å²) in [4.78, 5) is 28.2. The monoisotopic (exact) mass is 395 g/mol. The molecular weight excluding hydrogens is 374 g/mol. The summed E-state index contributed by atoms with van der Waals surface area (Å²) in [5.41, 5.74) is 0.745. The molecule has 0 radical (unpaired) electrons. The molecule has 0 aromatic carbocycles. The molecular formula is C16H21N5O3S2. The first-order chi connectivity index (χ1) is 12.4. The zero-order chi connectivity index (χ0) is 18.7. The lowest BCUT2D eigenvalue weighted by atomic mass is 9.99. The van der Waals surface area contributed by atoms with Gasteiger partial charge in [-0.2, -0.15) is 0 Å². The van der Waals surface area contributed by atoms with Crippen molar-refractivity contribution in [2.75, 3.05) is 18.8 Å². The first-order valence-electron chi connectivity index (χ1n) is 8.44. The topological polar surface area (TPSA) is 119 Å². The Hall–Kier alpha value is -1.91. The highest BCUT2D eigenvalue weighted by atomic mass is 32.2. The van der Waals surface area contributed by atoms with Gasteiger partial charge in [-0.3, -0.25) is 4.79 Å². The normalized spacial score (nSPS) is 16.0. The number of nitrogens with zero attached hydrogens (tertiary/aromatic N) is 4. The number of thiazole rings is 1. The third-order valence-corrected chi connectivity index (χ3v) is 6.37. The van der Waals surface area contributed by atoms with E-state index >= 15 is 0 Å². The maximum absolute atomic E-state index is 12.9. The van der Waals surface area contributed by atoms with Crippen LogP contribution in [0.2, 0.25) is 0 Å². The second-order valence-electron chi connectivity index (χ2n) is 6.29. The van der Waals surface area contributed by atoms with E-state index in [0.717, 1.165) is 5.69 Å². The summed E-state index contributed by atoms with van der Waals surface area (Å²) in [5.74, 6) is 0.439. The summed E-state index contributed by atoms with van der Waals surface area (Å²) >= 11 is 1.31. The molecule has 2 N–H and O–H groups in total. The van der Waals surface area contributed by atoms with Crippen LogP contribution in [0, 0.1) is 5.92 Å². The molecule has 1 fully saturated rings. The fourth-order valence-corrected chi connectivity index (χ4v) is 5.10. The Kier molecular flexibility index (Phi) is 5.64. The Balaban J connectivity index is 1.73. The SMILES string of the molecule is CCc1nc(-c2ncccn2)sc1C(=O)N1CCC(CS(N)(=O)=O)CC1. The van der Waals surface area contributed by atoms with Crippen LogP contribution in [0.3, 0.4) is 0 Å². The van der Waals surface area contributed by atoms with Gasteiger partial charge in [0.2, 0.25) is 10.0 Å². The highest BCUT2D eigenvalue weighted by Crippen LogP contribution is 2.29. The Morgan fingerprint density at radius 2 is 1.96 bits per heavy atom. The van der Waals surface area contributed by atoms with E-state index < -0.39 is 10.0 Å². The molecule has 0 atom stereocenters. The van der Waals surface area contributed by atoms with Crippen molar-refractivity contribution in [3.63, 3.8) is 0 Å². The molecule has 1 saturated heterocycles. The van der Waals surface area contributed by atoms with Gasteiger partial charge in [0.1, 0.15) is 4.88 Å². The van der Waals surface area contributed by atoms with Crippen LogP contribution in [0.5, 0.6) is 0 Å². The number of aryl methyl sites for hydroxylation is 1. The van der Waals surface area contributed by atoms with Crippen molar-refractivity contribution < 1.29 is 13.2 Å². The van der Waals surface area contributed by atoms with Crippen molar-refractivity contribution in [1.82, 2.24) is 19.9 Å². The average Bonchev–Trinajstić information content (AvgIpc) is 3.05. The van der Waals surface area contributed by atoms with Gasteiger partial charge in [0.15, 0.2) is 10.8 Å². The summed E-state index contributed by atoms with van der Waals surface area (Å²) in [5, 5.41) is 5.76. The number of likely N-dealkylation sites (tertiary alicyclic amines) is 1. The van der Waals surface area contributed by atoms with E-state index in [4.69, 9.17) is 5.14 Å². The maximum Gasteiger partial charge on any atom is 0.265 e. The minimum Gasteiger partial charge on any atom is -0.338 e. The molecule has 3 rings (SSSR count). The van der Waals surface area contributed by atoms with E-state index in [9.17, 15) is 13.2 Å². The summed E-state index contributed by atoms with van der Waals surface area (Å²) in [6, 6.07) is 1.73. The second kappa shape index (κ2) is 7.77. The Morgan fingerprint density at radius 1 is 1.31 bits per heavy atom. The first kappa shape index (κ1) is 18.9. The minimum atomic E-state index is -3.48. The number of piperidine rings is 1. The summed E-state index contributed by atoms with van der Waals surface area (Å²) in [7, 11) is -3.48. The van der Waals surface area contributed by atoms with Gasteiger partial charge in [0.05, 0.1) is 11.4 Å². The van der Waals surface area contributed by atoms with Crippen LogP contribution < -0.4 is 5.14 Å². The van der Waals surface area contributed by atoms with Gasteiger partial charge < -0.3 is 4.90 Å². The fraction of sp³-hybridized carbons (Fsp3) is 0.500. The van der Waals surface area contributed by atoms with Crippen LogP contribution in [-0.4, -0.2) is 53.0 Å². The number of carbonyl (C=O) groups excluding carboxylic acids is 1. The number of nitrogens with two attached hydrogens (primary N) is 1. The van der Waals surface area contributed by atoms with Gasteiger partial charge in [-0.05, 0) is 31.2 Å². The Morgan fingerprint density at radius 3 is 2.54 bits per heavy atom. The number of rotatable bonds is 5. The molecule has 2 aromatic rings. The predicted molar refractivity (Wildman–Crippen MR) is 99.1 cm³/mol. The zero-order valence-electron chi connectivity index (χ0n) is 14.5. The third-order valence-electron chi connectivity index (χ3n) is 4.35. The van der Waals surface area contributed by atoms with E-state index in [-0.39, 0.29) is 17.6 Å². The smallest absolute Gasteiger partial charge is 0.265 e. The van der Waals surface area contributed by atoms with Crippen molar-refractivity contribution in [2.24, 2.45) is 11.1 Å². The van der Waals surface area contributed by atoms with Crippen LogP contribution in [0.15, 0.2) is 18.5 Å². The molecule has 1 aliphatic rings. The fourth-order valence-electron chi connectivity index (χ4n) is 3.04. The van der Waals surface area contributed by atoms with Crippen LogP contribution in [0.4, 0.5) is 0 Å². The summed E-state index contributed by atoms with van der Waals surface area (Å²) in [6.45, 7) is 3.01. The number of aromatic nitrogens is 3. The molecule has 8 nitrogen and oxygen atoms in total. The number of hydrogen-bond donors (Lipinski definition) is 1. The van der Waals surface area contributed by atoms with Crippen LogP contribution in [-0.2, 0) is 16.4 Å².